The van der Waals surface area contributed by atoms with Crippen LogP contribution in [0.3, 0.4) is 0 Å². The van der Waals surface area contributed by atoms with Gasteiger partial charge in [-0.25, -0.2) is 0 Å². The van der Waals surface area contributed by atoms with Gasteiger partial charge in [0.2, 0.25) is 17.8 Å². The first-order valence-corrected chi connectivity index (χ1v) is 8.03. The minimum atomic E-state index is -0.459. The number of ether oxygens (including phenoxy) is 2. The van der Waals surface area contributed by atoms with Crippen molar-refractivity contribution in [1.29, 1.82) is 0 Å². The van der Waals surface area contributed by atoms with Gasteiger partial charge in [0.25, 0.3) is 0 Å². The average molecular weight is 348 g/mol. The number of carbonyl (C=O) groups is 1. The molecule has 1 atom stereocenters. The topological polar surface area (TPSA) is 138 Å². The number of rotatable bonds is 4. The maximum Gasteiger partial charge on any atom is 0.237 e. The molecule has 0 spiro atoms. The second-order valence-corrected chi connectivity index (χ2v) is 6.25. The van der Waals surface area contributed by atoms with Crippen molar-refractivity contribution >= 4 is 35.3 Å². The van der Waals surface area contributed by atoms with Crippen molar-refractivity contribution in [3.05, 3.63) is 18.2 Å². The Hall–Kier alpha value is -2.75. The summed E-state index contributed by atoms with van der Waals surface area (Å²) in [4.78, 5) is 23.9. The summed E-state index contributed by atoms with van der Waals surface area (Å²) < 4.78 is 10.9. The summed E-state index contributed by atoms with van der Waals surface area (Å²) in [5, 5.41) is 2.65. The molecule has 1 aliphatic heterocycles. The number of aromatic nitrogens is 3. The van der Waals surface area contributed by atoms with Gasteiger partial charge >= 0.3 is 0 Å². The average Bonchev–Trinajstić information content (AvgIpc) is 2.53. The fourth-order valence-corrected chi connectivity index (χ4v) is 2.79. The molecule has 5 N–H and O–H groups in total. The minimum absolute atomic E-state index is 0.0180. The second kappa shape index (κ2) is 6.79. The van der Waals surface area contributed by atoms with Gasteiger partial charge in [0.15, 0.2) is 16.7 Å². The molecular formula is C14H16N6O3S. The number of nitrogens with one attached hydrogen (secondary N) is 1. The lowest BCUT2D eigenvalue weighted by Crippen LogP contribution is -2.23. The van der Waals surface area contributed by atoms with Crippen LogP contribution in [0.15, 0.2) is 23.4 Å². The Kier molecular flexibility index (Phi) is 4.56. The molecule has 24 heavy (non-hydrogen) atoms. The molecule has 1 aromatic carbocycles. The van der Waals surface area contributed by atoms with Crippen LogP contribution in [-0.2, 0) is 4.79 Å². The summed E-state index contributed by atoms with van der Waals surface area (Å²) in [6, 6.07) is 5.24. The smallest absolute Gasteiger partial charge is 0.237 e. The van der Waals surface area contributed by atoms with Crippen LogP contribution in [-0.4, -0.2) is 39.3 Å². The highest BCUT2D eigenvalue weighted by atomic mass is 32.2. The summed E-state index contributed by atoms with van der Waals surface area (Å²) in [6.07, 6.45) is 0. The van der Waals surface area contributed by atoms with Crippen LogP contribution in [0.2, 0.25) is 0 Å². The Morgan fingerprint density at radius 2 is 1.83 bits per heavy atom. The van der Waals surface area contributed by atoms with Gasteiger partial charge in [0, 0.05) is 11.8 Å². The van der Waals surface area contributed by atoms with Crippen LogP contribution in [0, 0.1) is 0 Å². The summed E-state index contributed by atoms with van der Waals surface area (Å²) >= 11 is 1.14. The molecule has 9 nitrogen and oxygen atoms in total. The van der Waals surface area contributed by atoms with E-state index in [1.165, 1.54) is 0 Å². The van der Waals surface area contributed by atoms with Crippen LogP contribution in [0.4, 0.5) is 17.6 Å². The molecule has 3 rings (SSSR count). The number of carbonyl (C=O) groups excluding carboxylic acids is 1. The molecule has 0 saturated heterocycles. The predicted molar refractivity (Wildman–Crippen MR) is 90.0 cm³/mol. The number of amides is 1. The number of hydrogen-bond acceptors (Lipinski definition) is 9. The largest absolute Gasteiger partial charge is 0.486 e. The zero-order valence-electron chi connectivity index (χ0n) is 12.9. The van der Waals surface area contributed by atoms with E-state index in [1.807, 2.05) is 0 Å². The Labute approximate surface area is 142 Å². The van der Waals surface area contributed by atoms with Gasteiger partial charge in [-0.2, -0.15) is 15.0 Å². The normalized spacial score (nSPS) is 14.0. The number of anilines is 3. The molecule has 2 heterocycles. The van der Waals surface area contributed by atoms with Crippen LogP contribution < -0.4 is 26.3 Å². The van der Waals surface area contributed by atoms with Crippen LogP contribution in [0.1, 0.15) is 6.92 Å². The predicted octanol–water partition coefficient (Wildman–Crippen LogP) is 0.926. The molecule has 0 aliphatic carbocycles. The highest BCUT2D eigenvalue weighted by Crippen LogP contribution is 2.33. The summed E-state index contributed by atoms with van der Waals surface area (Å²) in [6.45, 7) is 2.73. The van der Waals surface area contributed by atoms with E-state index in [-0.39, 0.29) is 17.8 Å². The molecule has 10 heteroatoms. The number of hydrogen-bond donors (Lipinski definition) is 3. The molecule has 0 fully saturated rings. The molecular weight excluding hydrogens is 332 g/mol. The zero-order valence-corrected chi connectivity index (χ0v) is 13.7. The Bertz CT molecular complexity index is 752. The molecule has 1 aliphatic rings. The number of nitrogens with zero attached hydrogens (tertiary/aromatic N) is 3. The summed E-state index contributed by atoms with van der Waals surface area (Å²) in [5.74, 6) is 1.10. The zero-order chi connectivity index (χ0) is 17.1. The fraction of sp³-hybridized carbons (Fsp3) is 0.286. The lowest BCUT2D eigenvalue weighted by Gasteiger charge is -2.19. The lowest BCUT2D eigenvalue weighted by molar-refractivity contribution is -0.115. The van der Waals surface area contributed by atoms with Gasteiger partial charge < -0.3 is 26.3 Å². The SMILES string of the molecule is C[C@H](Sc1nc(N)nc(N)n1)C(=O)Nc1ccc2c(c1)OCCO2. The quantitative estimate of drug-likeness (QED) is 0.688. The van der Waals surface area contributed by atoms with E-state index in [0.29, 0.717) is 35.6 Å². The number of nitrogen functional groups attached to an aromatic ring is 2. The minimum Gasteiger partial charge on any atom is -0.486 e. The maximum absolute atomic E-state index is 12.3. The standard InChI is InChI=1S/C14H16N6O3S/c1-7(24-14-19-12(15)18-13(16)20-14)11(21)17-8-2-3-9-10(6-8)23-5-4-22-9/h2-3,6-7H,4-5H2,1H3,(H,17,21)(H4,15,16,18,19,20)/t7-/m0/s1. The fourth-order valence-electron chi connectivity index (χ4n) is 2.02. The van der Waals surface area contributed by atoms with Crippen LogP contribution in [0.25, 0.3) is 0 Å². The van der Waals surface area contributed by atoms with E-state index in [2.05, 4.69) is 20.3 Å². The van der Waals surface area contributed by atoms with Crippen molar-refractivity contribution in [2.75, 3.05) is 30.0 Å². The van der Waals surface area contributed by atoms with Crippen molar-refractivity contribution in [2.24, 2.45) is 0 Å². The number of benzene rings is 1. The monoisotopic (exact) mass is 348 g/mol. The van der Waals surface area contributed by atoms with Crippen molar-refractivity contribution in [3.8, 4) is 11.5 Å². The third kappa shape index (κ3) is 3.77. The number of nitrogens with two attached hydrogens (primary N) is 2. The van der Waals surface area contributed by atoms with E-state index in [9.17, 15) is 4.79 Å². The van der Waals surface area contributed by atoms with E-state index in [1.54, 1.807) is 25.1 Å². The van der Waals surface area contributed by atoms with Gasteiger partial charge in [0.05, 0.1) is 5.25 Å². The van der Waals surface area contributed by atoms with Gasteiger partial charge in [-0.05, 0) is 19.1 Å². The van der Waals surface area contributed by atoms with Gasteiger partial charge in [0.1, 0.15) is 13.2 Å². The van der Waals surface area contributed by atoms with Crippen LogP contribution >= 0.6 is 11.8 Å². The molecule has 0 saturated carbocycles. The number of fused-ring (bicyclic) bond motifs is 1. The first-order chi connectivity index (χ1) is 11.5. The molecule has 0 unspecified atom stereocenters. The van der Waals surface area contributed by atoms with Crippen molar-refractivity contribution in [3.63, 3.8) is 0 Å². The molecule has 1 aromatic heterocycles. The van der Waals surface area contributed by atoms with E-state index in [4.69, 9.17) is 20.9 Å². The Morgan fingerprint density at radius 1 is 1.17 bits per heavy atom. The summed E-state index contributed by atoms with van der Waals surface area (Å²) in [7, 11) is 0. The van der Waals surface area contributed by atoms with Crippen molar-refractivity contribution < 1.29 is 14.3 Å². The van der Waals surface area contributed by atoms with Gasteiger partial charge in [-0.3, -0.25) is 4.79 Å². The van der Waals surface area contributed by atoms with Crippen LogP contribution in [0.5, 0.6) is 11.5 Å². The van der Waals surface area contributed by atoms with E-state index >= 15 is 0 Å². The summed E-state index contributed by atoms with van der Waals surface area (Å²) in [5.41, 5.74) is 11.7. The third-order valence-corrected chi connectivity index (χ3v) is 4.07. The molecule has 1 amide bonds. The Morgan fingerprint density at radius 3 is 2.54 bits per heavy atom. The molecule has 0 radical (unpaired) electrons. The molecule has 126 valence electrons. The highest BCUT2D eigenvalue weighted by Gasteiger charge is 2.18. The Balaban J connectivity index is 1.65. The second-order valence-electron chi connectivity index (χ2n) is 4.94. The van der Waals surface area contributed by atoms with Gasteiger partial charge in [-0.15, -0.1) is 0 Å². The molecule has 0 bridgehead atoms. The van der Waals surface area contributed by atoms with Gasteiger partial charge in [-0.1, -0.05) is 11.8 Å². The van der Waals surface area contributed by atoms with Crippen molar-refractivity contribution in [2.45, 2.75) is 17.3 Å². The molecule has 2 aromatic rings. The third-order valence-electron chi connectivity index (χ3n) is 3.11. The lowest BCUT2D eigenvalue weighted by atomic mass is 10.2. The highest BCUT2D eigenvalue weighted by molar-refractivity contribution is 8.00. The van der Waals surface area contributed by atoms with E-state index in [0.717, 1.165) is 11.8 Å². The first-order valence-electron chi connectivity index (χ1n) is 7.15. The first kappa shape index (κ1) is 16.1. The maximum atomic E-state index is 12.3. The van der Waals surface area contributed by atoms with E-state index < -0.39 is 5.25 Å². The number of thioether (sulfide) groups is 1. The van der Waals surface area contributed by atoms with Crippen molar-refractivity contribution in [1.82, 2.24) is 15.0 Å².